The molecule has 2 rings (SSSR count). The van der Waals surface area contributed by atoms with Crippen molar-refractivity contribution in [2.24, 2.45) is 11.8 Å². The lowest BCUT2D eigenvalue weighted by Gasteiger charge is -2.17. The highest BCUT2D eigenvalue weighted by atomic mass is 79.9. The lowest BCUT2D eigenvalue weighted by atomic mass is 10.0. The summed E-state index contributed by atoms with van der Waals surface area (Å²) in [4.78, 5) is 15.0. The molecule has 1 aromatic carbocycles. The van der Waals surface area contributed by atoms with E-state index in [-0.39, 0.29) is 5.91 Å². The zero-order chi connectivity index (χ0) is 12.6. The second-order valence-corrected chi connectivity index (χ2v) is 6.22. The summed E-state index contributed by atoms with van der Waals surface area (Å²) >= 11 is 7.74. The minimum absolute atomic E-state index is 0.0960. The first-order chi connectivity index (χ1) is 7.99. The van der Waals surface area contributed by atoms with Crippen LogP contribution in [-0.2, 0) is 0 Å². The van der Waals surface area contributed by atoms with E-state index < -0.39 is 0 Å². The molecule has 0 spiro atoms. The maximum atomic E-state index is 12.3. The molecule has 1 saturated heterocycles. The molecule has 2 unspecified atom stereocenters. The van der Waals surface area contributed by atoms with Gasteiger partial charge in [-0.1, -0.05) is 29.8 Å². The van der Waals surface area contributed by atoms with E-state index in [2.05, 4.69) is 42.4 Å². The molecular formula is C13H16BrNOS. The third-order valence-electron chi connectivity index (χ3n) is 3.47. The normalized spacial score (nSPS) is 24.1. The maximum Gasteiger partial charge on any atom is 0.254 e. The third kappa shape index (κ3) is 2.68. The molecule has 0 saturated carbocycles. The van der Waals surface area contributed by atoms with Crippen LogP contribution in [0.15, 0.2) is 27.6 Å². The van der Waals surface area contributed by atoms with Crippen LogP contribution in [0.4, 0.5) is 0 Å². The van der Waals surface area contributed by atoms with E-state index in [4.69, 9.17) is 0 Å². The molecule has 0 N–H and O–H groups in total. The van der Waals surface area contributed by atoms with Crippen LogP contribution in [0.1, 0.15) is 24.2 Å². The van der Waals surface area contributed by atoms with Gasteiger partial charge < -0.3 is 4.90 Å². The molecule has 92 valence electrons. The van der Waals surface area contributed by atoms with Crippen molar-refractivity contribution in [3.63, 3.8) is 0 Å². The van der Waals surface area contributed by atoms with Crippen molar-refractivity contribution in [1.29, 1.82) is 0 Å². The van der Waals surface area contributed by atoms with Crippen LogP contribution in [0.5, 0.6) is 0 Å². The first-order valence-corrected chi connectivity index (χ1v) is 7.01. The Morgan fingerprint density at radius 2 is 1.94 bits per heavy atom. The van der Waals surface area contributed by atoms with Crippen LogP contribution in [0, 0.1) is 11.8 Å². The van der Waals surface area contributed by atoms with Gasteiger partial charge in [-0.2, -0.15) is 0 Å². The highest BCUT2D eigenvalue weighted by Crippen LogP contribution is 2.26. The fourth-order valence-corrected chi connectivity index (χ4v) is 3.00. The second-order valence-electron chi connectivity index (χ2n) is 4.83. The van der Waals surface area contributed by atoms with Crippen LogP contribution >= 0.6 is 28.6 Å². The predicted molar refractivity (Wildman–Crippen MR) is 75.6 cm³/mol. The Hall–Kier alpha value is -0.480. The van der Waals surface area contributed by atoms with Gasteiger partial charge in [-0.3, -0.25) is 4.79 Å². The fraction of sp³-hybridized carbons (Fsp3) is 0.462. The molecule has 2 nitrogen and oxygen atoms in total. The molecule has 1 fully saturated rings. The molecule has 2 atom stereocenters. The first-order valence-electron chi connectivity index (χ1n) is 5.77. The van der Waals surface area contributed by atoms with E-state index in [1.807, 2.05) is 23.1 Å². The van der Waals surface area contributed by atoms with Gasteiger partial charge in [0.05, 0.1) is 5.56 Å². The number of nitrogens with zero attached hydrogens (tertiary/aromatic N) is 1. The summed E-state index contributed by atoms with van der Waals surface area (Å²) in [6.07, 6.45) is 0. The number of thiol groups is 1. The van der Waals surface area contributed by atoms with Gasteiger partial charge >= 0.3 is 0 Å². The van der Waals surface area contributed by atoms with Gasteiger partial charge in [0.15, 0.2) is 0 Å². The van der Waals surface area contributed by atoms with Crippen LogP contribution in [-0.4, -0.2) is 23.9 Å². The Labute approximate surface area is 116 Å². The van der Waals surface area contributed by atoms with Crippen molar-refractivity contribution in [2.45, 2.75) is 18.7 Å². The first kappa shape index (κ1) is 13.0. The van der Waals surface area contributed by atoms with E-state index >= 15 is 0 Å². The molecule has 4 heteroatoms. The van der Waals surface area contributed by atoms with Crippen molar-refractivity contribution in [2.75, 3.05) is 13.1 Å². The van der Waals surface area contributed by atoms with E-state index in [0.29, 0.717) is 17.4 Å². The number of amides is 1. The van der Waals surface area contributed by atoms with Crippen molar-refractivity contribution >= 4 is 34.5 Å². The largest absolute Gasteiger partial charge is 0.338 e. The van der Waals surface area contributed by atoms with Crippen LogP contribution in [0.25, 0.3) is 0 Å². The lowest BCUT2D eigenvalue weighted by Crippen LogP contribution is -2.29. The number of hydrogen-bond donors (Lipinski definition) is 1. The van der Waals surface area contributed by atoms with Gasteiger partial charge in [-0.15, -0.1) is 12.6 Å². The quantitative estimate of drug-likeness (QED) is 0.787. The number of benzene rings is 1. The van der Waals surface area contributed by atoms with E-state index in [1.54, 1.807) is 0 Å². The number of halogens is 1. The van der Waals surface area contributed by atoms with E-state index in [0.717, 1.165) is 22.5 Å². The zero-order valence-corrected chi connectivity index (χ0v) is 12.5. The molecular weight excluding hydrogens is 298 g/mol. The van der Waals surface area contributed by atoms with Crippen LogP contribution < -0.4 is 0 Å². The van der Waals surface area contributed by atoms with Gasteiger partial charge in [0, 0.05) is 22.5 Å². The van der Waals surface area contributed by atoms with Gasteiger partial charge in [-0.05, 0) is 30.0 Å². The topological polar surface area (TPSA) is 20.3 Å². The average Bonchev–Trinajstić information content (AvgIpc) is 2.58. The van der Waals surface area contributed by atoms with Gasteiger partial charge in [0.2, 0.25) is 0 Å². The lowest BCUT2D eigenvalue weighted by molar-refractivity contribution is 0.0781. The Morgan fingerprint density at radius 3 is 2.47 bits per heavy atom. The van der Waals surface area contributed by atoms with Crippen molar-refractivity contribution < 1.29 is 4.79 Å². The summed E-state index contributed by atoms with van der Waals surface area (Å²) in [5.74, 6) is 1.26. The molecule has 1 heterocycles. The smallest absolute Gasteiger partial charge is 0.254 e. The number of hydrogen-bond acceptors (Lipinski definition) is 2. The standard InChI is InChI=1S/C13H16BrNOS/c1-8-6-15(7-9(8)2)13(16)11-4-3-10(14)5-12(11)17/h3-5,8-9,17H,6-7H2,1-2H3. The Morgan fingerprint density at radius 1 is 1.35 bits per heavy atom. The van der Waals surface area contributed by atoms with E-state index in [9.17, 15) is 4.79 Å². The predicted octanol–water partition coefficient (Wildman–Crippen LogP) is 3.47. The summed E-state index contributed by atoms with van der Waals surface area (Å²) in [6, 6.07) is 5.58. The Kier molecular flexibility index (Phi) is 3.83. The molecule has 1 aromatic rings. The van der Waals surface area contributed by atoms with Crippen LogP contribution in [0.3, 0.4) is 0 Å². The van der Waals surface area contributed by atoms with Gasteiger partial charge in [-0.25, -0.2) is 0 Å². The Balaban J connectivity index is 2.20. The molecule has 0 aliphatic carbocycles. The summed E-state index contributed by atoms with van der Waals surface area (Å²) in [7, 11) is 0. The highest BCUT2D eigenvalue weighted by Gasteiger charge is 2.30. The molecule has 1 aliphatic heterocycles. The zero-order valence-electron chi connectivity index (χ0n) is 9.98. The third-order valence-corrected chi connectivity index (χ3v) is 4.33. The minimum Gasteiger partial charge on any atom is -0.338 e. The highest BCUT2D eigenvalue weighted by molar-refractivity contribution is 9.10. The Bertz CT molecular complexity index is 439. The molecule has 17 heavy (non-hydrogen) atoms. The maximum absolute atomic E-state index is 12.3. The number of rotatable bonds is 1. The summed E-state index contributed by atoms with van der Waals surface area (Å²) < 4.78 is 0.946. The van der Waals surface area contributed by atoms with Crippen molar-refractivity contribution in [3.05, 3.63) is 28.2 Å². The van der Waals surface area contributed by atoms with Crippen molar-refractivity contribution in [3.8, 4) is 0 Å². The fourth-order valence-electron chi connectivity index (χ4n) is 2.15. The second kappa shape index (κ2) is 5.02. The average molecular weight is 314 g/mol. The van der Waals surface area contributed by atoms with Crippen LogP contribution in [0.2, 0.25) is 0 Å². The molecule has 0 aromatic heterocycles. The number of carbonyl (C=O) groups excluding carboxylic acids is 1. The molecule has 0 bridgehead atoms. The minimum atomic E-state index is 0.0960. The SMILES string of the molecule is CC1CN(C(=O)c2ccc(Br)cc2S)CC1C. The number of carbonyl (C=O) groups is 1. The number of likely N-dealkylation sites (tertiary alicyclic amines) is 1. The van der Waals surface area contributed by atoms with Gasteiger partial charge in [0.1, 0.15) is 0 Å². The summed E-state index contributed by atoms with van der Waals surface area (Å²) in [5, 5.41) is 0. The summed E-state index contributed by atoms with van der Waals surface area (Å²) in [6.45, 7) is 6.09. The van der Waals surface area contributed by atoms with E-state index in [1.165, 1.54) is 0 Å². The monoisotopic (exact) mass is 313 g/mol. The molecule has 0 radical (unpaired) electrons. The molecule has 1 amide bonds. The molecule has 1 aliphatic rings. The van der Waals surface area contributed by atoms with Crippen molar-refractivity contribution in [1.82, 2.24) is 4.90 Å². The summed E-state index contributed by atoms with van der Waals surface area (Å²) in [5.41, 5.74) is 0.692. The van der Waals surface area contributed by atoms with Gasteiger partial charge in [0.25, 0.3) is 5.91 Å².